The number of hydrogen-bond acceptors (Lipinski definition) is 6. The zero-order chi connectivity index (χ0) is 23.8. The highest BCUT2D eigenvalue weighted by atomic mass is 35.5. The Morgan fingerprint density at radius 1 is 1.21 bits per heavy atom. The third-order valence-electron chi connectivity index (χ3n) is 6.21. The van der Waals surface area contributed by atoms with E-state index in [0.29, 0.717) is 46.3 Å². The molecule has 0 aromatic heterocycles. The maximum atomic E-state index is 13.6. The largest absolute Gasteiger partial charge is 0.497 e. The second-order valence-corrected chi connectivity index (χ2v) is 8.58. The van der Waals surface area contributed by atoms with Crippen LogP contribution in [-0.2, 0) is 19.9 Å². The van der Waals surface area contributed by atoms with Gasteiger partial charge in [-0.15, -0.1) is 0 Å². The second-order valence-electron chi connectivity index (χ2n) is 8.14. The summed E-state index contributed by atoms with van der Waals surface area (Å²) in [4.78, 5) is 38.3. The molecule has 2 aromatic carbocycles. The average Bonchev–Trinajstić information content (AvgIpc) is 3.31. The SMILES string of the molecule is COc1ccc(OC)c(NC(=O)[C@@H]2C[C@@H](CCC(N)=O)N[C@]23C(=O)Nc2ccc(Cl)cc23)c1. The highest BCUT2D eigenvalue weighted by Gasteiger charge is 2.60. The summed E-state index contributed by atoms with van der Waals surface area (Å²) in [7, 11) is 3.02. The molecule has 3 amide bonds. The summed E-state index contributed by atoms with van der Waals surface area (Å²) in [6, 6.07) is 9.84. The summed E-state index contributed by atoms with van der Waals surface area (Å²) < 4.78 is 10.6. The van der Waals surface area contributed by atoms with Crippen molar-refractivity contribution in [2.24, 2.45) is 11.7 Å². The molecule has 33 heavy (non-hydrogen) atoms. The lowest BCUT2D eigenvalue weighted by atomic mass is 9.79. The van der Waals surface area contributed by atoms with Crippen molar-refractivity contribution in [1.29, 1.82) is 0 Å². The number of carbonyl (C=O) groups is 3. The lowest BCUT2D eigenvalue weighted by Crippen LogP contribution is -2.52. The minimum Gasteiger partial charge on any atom is -0.497 e. The lowest BCUT2D eigenvalue weighted by molar-refractivity contribution is -0.130. The molecule has 0 aliphatic carbocycles. The summed E-state index contributed by atoms with van der Waals surface area (Å²) >= 11 is 6.24. The number of primary amides is 1. The summed E-state index contributed by atoms with van der Waals surface area (Å²) in [5, 5.41) is 9.52. The van der Waals surface area contributed by atoms with Crippen LogP contribution in [0.5, 0.6) is 11.5 Å². The number of nitrogens with two attached hydrogens (primary N) is 1. The maximum absolute atomic E-state index is 13.6. The van der Waals surface area contributed by atoms with E-state index < -0.39 is 17.4 Å². The molecule has 0 radical (unpaired) electrons. The molecular formula is C23H25ClN4O5. The van der Waals surface area contributed by atoms with Gasteiger partial charge in [0.15, 0.2) is 0 Å². The minimum absolute atomic E-state index is 0.135. The average molecular weight is 473 g/mol. The number of rotatable bonds is 7. The van der Waals surface area contributed by atoms with Crippen molar-refractivity contribution < 1.29 is 23.9 Å². The van der Waals surface area contributed by atoms with Crippen molar-refractivity contribution in [1.82, 2.24) is 5.32 Å². The number of nitrogens with one attached hydrogen (secondary N) is 3. The number of methoxy groups -OCH3 is 2. The van der Waals surface area contributed by atoms with Crippen molar-refractivity contribution in [2.75, 3.05) is 24.9 Å². The van der Waals surface area contributed by atoms with E-state index in [4.69, 9.17) is 26.8 Å². The van der Waals surface area contributed by atoms with Crippen molar-refractivity contribution >= 4 is 40.7 Å². The zero-order valence-electron chi connectivity index (χ0n) is 18.2. The number of carbonyl (C=O) groups excluding carboxylic acids is 3. The molecule has 1 saturated heterocycles. The fraction of sp³-hybridized carbons (Fsp3) is 0.348. The smallest absolute Gasteiger partial charge is 0.250 e. The Morgan fingerprint density at radius 2 is 2.00 bits per heavy atom. The van der Waals surface area contributed by atoms with E-state index >= 15 is 0 Å². The van der Waals surface area contributed by atoms with Gasteiger partial charge in [0.2, 0.25) is 17.7 Å². The van der Waals surface area contributed by atoms with Crippen LogP contribution in [0.25, 0.3) is 0 Å². The standard InChI is InChI=1S/C23H25ClN4O5/c1-32-14-5-7-19(33-2)18(11-14)26-21(30)16-10-13(4-8-20(25)29)28-23(16)15-9-12(24)3-6-17(15)27-22(23)31/h3,5-7,9,11,13,16,28H,4,8,10H2,1-2H3,(H2,25,29)(H,26,30)(H,27,31)/t13-,16+,23+/m1/s1. The van der Waals surface area contributed by atoms with Gasteiger partial charge in [0.25, 0.3) is 0 Å². The Kier molecular flexibility index (Phi) is 6.18. The van der Waals surface area contributed by atoms with E-state index in [-0.39, 0.29) is 24.3 Å². The van der Waals surface area contributed by atoms with Gasteiger partial charge in [-0.05, 0) is 43.2 Å². The third kappa shape index (κ3) is 4.09. The van der Waals surface area contributed by atoms with Crippen LogP contribution in [0.2, 0.25) is 5.02 Å². The van der Waals surface area contributed by atoms with Crippen LogP contribution in [0.15, 0.2) is 36.4 Å². The van der Waals surface area contributed by atoms with Gasteiger partial charge in [0, 0.05) is 34.8 Å². The Bertz CT molecular complexity index is 1120. The molecule has 2 aliphatic rings. The van der Waals surface area contributed by atoms with Crippen molar-refractivity contribution in [2.45, 2.75) is 30.8 Å². The molecule has 2 heterocycles. The van der Waals surface area contributed by atoms with Crippen molar-refractivity contribution in [3.8, 4) is 11.5 Å². The quantitative estimate of drug-likeness (QED) is 0.489. The van der Waals surface area contributed by atoms with Gasteiger partial charge in [-0.25, -0.2) is 0 Å². The van der Waals surface area contributed by atoms with E-state index in [1.165, 1.54) is 14.2 Å². The first-order valence-electron chi connectivity index (χ1n) is 10.5. The molecule has 1 fully saturated rings. The molecule has 2 aromatic rings. The van der Waals surface area contributed by atoms with Gasteiger partial charge in [0.05, 0.1) is 25.8 Å². The van der Waals surface area contributed by atoms with Crippen LogP contribution in [0, 0.1) is 5.92 Å². The van der Waals surface area contributed by atoms with E-state index in [0.717, 1.165) is 0 Å². The van der Waals surface area contributed by atoms with E-state index in [9.17, 15) is 14.4 Å². The van der Waals surface area contributed by atoms with Crippen molar-refractivity contribution in [3.63, 3.8) is 0 Å². The topological polar surface area (TPSA) is 132 Å². The molecule has 3 atom stereocenters. The third-order valence-corrected chi connectivity index (χ3v) is 6.44. The summed E-state index contributed by atoms with van der Waals surface area (Å²) in [5.74, 6) is -0.961. The minimum atomic E-state index is -1.33. The Hall–Kier alpha value is -3.30. The van der Waals surface area contributed by atoms with E-state index in [1.54, 1.807) is 36.4 Å². The first-order valence-corrected chi connectivity index (χ1v) is 10.9. The molecule has 4 rings (SSSR count). The van der Waals surface area contributed by atoms with Gasteiger partial charge in [-0.1, -0.05) is 11.6 Å². The first-order chi connectivity index (χ1) is 15.8. The monoisotopic (exact) mass is 472 g/mol. The highest BCUT2D eigenvalue weighted by Crippen LogP contribution is 2.48. The number of fused-ring (bicyclic) bond motifs is 2. The van der Waals surface area contributed by atoms with Gasteiger partial charge in [0.1, 0.15) is 17.0 Å². The first kappa shape index (κ1) is 22.9. The molecule has 0 bridgehead atoms. The molecule has 0 unspecified atom stereocenters. The van der Waals surface area contributed by atoms with Gasteiger partial charge < -0.3 is 25.8 Å². The van der Waals surface area contributed by atoms with Crippen LogP contribution in [0.4, 0.5) is 11.4 Å². The highest BCUT2D eigenvalue weighted by molar-refractivity contribution is 6.31. The molecule has 5 N–H and O–H groups in total. The van der Waals surface area contributed by atoms with Crippen LogP contribution >= 0.6 is 11.6 Å². The number of halogens is 1. The fourth-order valence-corrected chi connectivity index (χ4v) is 4.84. The maximum Gasteiger partial charge on any atom is 0.250 e. The van der Waals surface area contributed by atoms with Crippen molar-refractivity contribution in [3.05, 3.63) is 47.0 Å². The Balaban J connectivity index is 1.72. The van der Waals surface area contributed by atoms with Gasteiger partial charge in [-0.3, -0.25) is 19.7 Å². The van der Waals surface area contributed by atoms with E-state index in [2.05, 4.69) is 16.0 Å². The Labute approximate surface area is 195 Å². The molecule has 1 spiro atoms. The van der Waals surface area contributed by atoms with Crippen LogP contribution in [0.3, 0.4) is 0 Å². The predicted octanol–water partition coefficient (Wildman–Crippen LogP) is 2.39. The van der Waals surface area contributed by atoms with Crippen LogP contribution in [0.1, 0.15) is 24.8 Å². The summed E-state index contributed by atoms with van der Waals surface area (Å²) in [6.45, 7) is 0. The van der Waals surface area contributed by atoms with Gasteiger partial charge in [-0.2, -0.15) is 0 Å². The van der Waals surface area contributed by atoms with Crippen LogP contribution < -0.4 is 31.2 Å². The zero-order valence-corrected chi connectivity index (χ0v) is 19.0. The lowest BCUT2D eigenvalue weighted by Gasteiger charge is -2.29. The summed E-state index contributed by atoms with van der Waals surface area (Å²) in [5.41, 5.74) is 5.59. The van der Waals surface area contributed by atoms with E-state index in [1.807, 2.05) is 0 Å². The number of hydrogen-bond donors (Lipinski definition) is 4. The number of ether oxygens (including phenoxy) is 2. The molecule has 0 saturated carbocycles. The van der Waals surface area contributed by atoms with Crippen LogP contribution in [-0.4, -0.2) is 38.0 Å². The van der Waals surface area contributed by atoms with Gasteiger partial charge >= 0.3 is 0 Å². The molecule has 174 valence electrons. The Morgan fingerprint density at radius 3 is 2.70 bits per heavy atom. The number of benzene rings is 2. The molecular weight excluding hydrogens is 448 g/mol. The second kappa shape index (κ2) is 8.92. The molecule has 10 heteroatoms. The number of amides is 3. The predicted molar refractivity (Wildman–Crippen MR) is 123 cm³/mol. The molecule has 2 aliphatic heterocycles. The normalized spacial score (nSPS) is 23.2. The summed E-state index contributed by atoms with van der Waals surface area (Å²) in [6.07, 6.45) is 0.854. The fourth-order valence-electron chi connectivity index (χ4n) is 4.67. The molecule has 9 nitrogen and oxygen atoms in total. The number of anilines is 2.